The molecule has 0 spiro atoms. The van der Waals surface area contributed by atoms with Gasteiger partial charge in [-0.25, -0.2) is 4.98 Å². The molecule has 1 amide bonds. The summed E-state index contributed by atoms with van der Waals surface area (Å²) in [6.45, 7) is 8.60. The number of morpholine rings is 1. The molecule has 0 aliphatic carbocycles. The van der Waals surface area contributed by atoms with Crippen molar-refractivity contribution in [2.45, 2.75) is 20.8 Å². The van der Waals surface area contributed by atoms with Crippen molar-refractivity contribution in [3.8, 4) is 0 Å². The average Bonchev–Trinajstić information content (AvgIpc) is 3.08. The van der Waals surface area contributed by atoms with Crippen molar-refractivity contribution >= 4 is 29.0 Å². The monoisotopic (exact) mass is 407 g/mol. The summed E-state index contributed by atoms with van der Waals surface area (Å²) in [7, 11) is 0. The number of nitrogens with zero attached hydrogens (tertiary/aromatic N) is 3. The van der Waals surface area contributed by atoms with Crippen molar-refractivity contribution in [2.75, 3.05) is 41.8 Å². The molecule has 156 valence electrons. The molecule has 0 unspecified atom stereocenters. The maximum Gasteiger partial charge on any atom is 0.259 e. The number of furan rings is 1. The maximum absolute atomic E-state index is 12.4. The highest BCUT2D eigenvalue weighted by Gasteiger charge is 2.15. The number of amides is 1. The van der Waals surface area contributed by atoms with Crippen molar-refractivity contribution < 1.29 is 13.9 Å². The Morgan fingerprint density at radius 3 is 2.37 bits per heavy atom. The van der Waals surface area contributed by atoms with Gasteiger partial charge in [0.05, 0.1) is 18.8 Å². The van der Waals surface area contributed by atoms with E-state index >= 15 is 0 Å². The highest BCUT2D eigenvalue weighted by atomic mass is 16.5. The van der Waals surface area contributed by atoms with E-state index in [2.05, 4.69) is 25.5 Å². The van der Waals surface area contributed by atoms with E-state index in [0.717, 1.165) is 30.3 Å². The molecular formula is C22H25N5O3. The van der Waals surface area contributed by atoms with Crippen LogP contribution in [0.5, 0.6) is 0 Å². The third kappa shape index (κ3) is 4.60. The van der Waals surface area contributed by atoms with Gasteiger partial charge >= 0.3 is 0 Å². The van der Waals surface area contributed by atoms with E-state index in [1.54, 1.807) is 13.0 Å². The van der Waals surface area contributed by atoms with Crippen molar-refractivity contribution in [1.29, 1.82) is 0 Å². The van der Waals surface area contributed by atoms with Crippen LogP contribution in [0.4, 0.5) is 23.1 Å². The zero-order chi connectivity index (χ0) is 21.1. The summed E-state index contributed by atoms with van der Waals surface area (Å²) >= 11 is 0. The summed E-state index contributed by atoms with van der Waals surface area (Å²) in [6.07, 6.45) is 0. The van der Waals surface area contributed by atoms with E-state index in [9.17, 15) is 4.79 Å². The number of hydrogen-bond donors (Lipinski definition) is 2. The van der Waals surface area contributed by atoms with Crippen LogP contribution in [0, 0.1) is 20.8 Å². The first kappa shape index (κ1) is 19.9. The minimum absolute atomic E-state index is 0.192. The molecule has 8 heteroatoms. The Balaban J connectivity index is 1.44. The van der Waals surface area contributed by atoms with E-state index in [0.29, 0.717) is 41.9 Å². The van der Waals surface area contributed by atoms with Crippen LogP contribution >= 0.6 is 0 Å². The second-order valence-electron chi connectivity index (χ2n) is 7.27. The molecule has 1 aliphatic rings. The molecule has 3 heterocycles. The Bertz CT molecular complexity index is 1040. The van der Waals surface area contributed by atoms with Gasteiger partial charge in [0, 0.05) is 36.2 Å². The minimum atomic E-state index is -0.192. The Morgan fingerprint density at radius 1 is 1.00 bits per heavy atom. The average molecular weight is 407 g/mol. The zero-order valence-electron chi connectivity index (χ0n) is 17.4. The fraction of sp³-hybridized carbons (Fsp3) is 0.318. The largest absolute Gasteiger partial charge is 0.466 e. The van der Waals surface area contributed by atoms with Crippen LogP contribution in [0.25, 0.3) is 0 Å². The fourth-order valence-corrected chi connectivity index (χ4v) is 3.38. The predicted octanol–water partition coefficient (Wildman–Crippen LogP) is 3.83. The molecule has 0 radical (unpaired) electrons. The normalized spacial score (nSPS) is 13.9. The third-order valence-electron chi connectivity index (χ3n) is 4.86. The Morgan fingerprint density at radius 2 is 1.70 bits per heavy atom. The molecule has 3 aromatic rings. The van der Waals surface area contributed by atoms with Gasteiger partial charge in [0.25, 0.3) is 5.91 Å². The van der Waals surface area contributed by atoms with E-state index in [-0.39, 0.29) is 5.91 Å². The number of anilines is 4. The molecule has 0 saturated carbocycles. The summed E-state index contributed by atoms with van der Waals surface area (Å²) < 4.78 is 10.8. The molecule has 0 bridgehead atoms. The second-order valence-corrected chi connectivity index (χ2v) is 7.27. The molecule has 1 aliphatic heterocycles. The third-order valence-corrected chi connectivity index (χ3v) is 4.86. The molecule has 1 fully saturated rings. The van der Waals surface area contributed by atoms with Crippen molar-refractivity contribution in [2.24, 2.45) is 0 Å². The SMILES string of the molecule is Cc1cc(N2CCOCC2)nc(Nc2ccc(NC(=O)c3cc(C)oc3C)cc2)n1. The Kier molecular flexibility index (Phi) is 5.67. The van der Waals surface area contributed by atoms with Crippen LogP contribution in [-0.4, -0.2) is 42.2 Å². The van der Waals surface area contributed by atoms with Crippen molar-refractivity contribution in [1.82, 2.24) is 9.97 Å². The van der Waals surface area contributed by atoms with Gasteiger partial charge in [-0.05, 0) is 51.1 Å². The molecule has 0 atom stereocenters. The van der Waals surface area contributed by atoms with Gasteiger partial charge in [-0.1, -0.05) is 0 Å². The highest BCUT2D eigenvalue weighted by Crippen LogP contribution is 2.21. The fourth-order valence-electron chi connectivity index (χ4n) is 3.38. The number of nitrogens with one attached hydrogen (secondary N) is 2. The minimum Gasteiger partial charge on any atom is -0.466 e. The molecule has 30 heavy (non-hydrogen) atoms. The maximum atomic E-state index is 12.4. The number of benzene rings is 1. The summed E-state index contributed by atoms with van der Waals surface area (Å²) in [5.74, 6) is 2.56. The lowest BCUT2D eigenvalue weighted by Gasteiger charge is -2.28. The lowest BCUT2D eigenvalue weighted by molar-refractivity contribution is 0.102. The first-order valence-electron chi connectivity index (χ1n) is 9.92. The number of rotatable bonds is 5. The summed E-state index contributed by atoms with van der Waals surface area (Å²) in [5.41, 5.74) is 2.96. The van der Waals surface area contributed by atoms with Crippen LogP contribution in [0.3, 0.4) is 0 Å². The lowest BCUT2D eigenvalue weighted by Crippen LogP contribution is -2.36. The topological polar surface area (TPSA) is 92.5 Å². The van der Waals surface area contributed by atoms with Gasteiger partial charge < -0.3 is 24.7 Å². The number of hydrogen-bond acceptors (Lipinski definition) is 7. The second kappa shape index (κ2) is 8.54. The first-order valence-corrected chi connectivity index (χ1v) is 9.92. The summed E-state index contributed by atoms with van der Waals surface area (Å²) in [5, 5.41) is 6.13. The summed E-state index contributed by atoms with van der Waals surface area (Å²) in [6, 6.07) is 11.1. The van der Waals surface area contributed by atoms with E-state index < -0.39 is 0 Å². The van der Waals surface area contributed by atoms with Gasteiger partial charge in [-0.15, -0.1) is 0 Å². The number of aromatic nitrogens is 2. The molecule has 2 aromatic heterocycles. The zero-order valence-corrected chi connectivity index (χ0v) is 17.4. The van der Waals surface area contributed by atoms with Gasteiger partial charge in [0.15, 0.2) is 0 Å². The van der Waals surface area contributed by atoms with E-state index in [4.69, 9.17) is 9.15 Å². The van der Waals surface area contributed by atoms with Crippen LogP contribution in [-0.2, 0) is 4.74 Å². The number of carbonyl (C=O) groups is 1. The van der Waals surface area contributed by atoms with Crippen LogP contribution in [0.1, 0.15) is 27.6 Å². The molecular weight excluding hydrogens is 382 g/mol. The molecule has 4 rings (SSSR count). The van der Waals surface area contributed by atoms with Crippen molar-refractivity contribution in [3.63, 3.8) is 0 Å². The van der Waals surface area contributed by atoms with Crippen LogP contribution < -0.4 is 15.5 Å². The molecule has 8 nitrogen and oxygen atoms in total. The first-order chi connectivity index (χ1) is 14.5. The Labute approximate surface area is 175 Å². The number of carbonyl (C=O) groups excluding carboxylic acids is 1. The van der Waals surface area contributed by atoms with E-state index in [1.807, 2.05) is 44.2 Å². The standard InChI is InChI=1S/C22H25N5O3/c1-14-12-20(27-8-10-29-11-9-27)26-22(23-14)25-18-6-4-17(5-7-18)24-21(28)19-13-15(2)30-16(19)3/h4-7,12-13H,8-11H2,1-3H3,(H,24,28)(H,23,25,26). The van der Waals surface area contributed by atoms with Crippen LogP contribution in [0.15, 0.2) is 40.8 Å². The molecule has 1 saturated heterocycles. The van der Waals surface area contributed by atoms with Gasteiger partial charge in [0.2, 0.25) is 5.95 Å². The van der Waals surface area contributed by atoms with Gasteiger partial charge in [0.1, 0.15) is 17.3 Å². The van der Waals surface area contributed by atoms with Crippen LogP contribution in [0.2, 0.25) is 0 Å². The van der Waals surface area contributed by atoms with Gasteiger partial charge in [-0.3, -0.25) is 4.79 Å². The summed E-state index contributed by atoms with van der Waals surface area (Å²) in [4.78, 5) is 23.8. The number of ether oxygens (including phenoxy) is 1. The van der Waals surface area contributed by atoms with Gasteiger partial charge in [-0.2, -0.15) is 4.98 Å². The predicted molar refractivity (Wildman–Crippen MR) is 116 cm³/mol. The molecule has 2 N–H and O–H groups in total. The van der Waals surface area contributed by atoms with Crippen molar-refractivity contribution in [3.05, 3.63) is 59.2 Å². The Hall–Kier alpha value is -3.39. The number of aryl methyl sites for hydroxylation is 3. The quantitative estimate of drug-likeness (QED) is 0.664. The van der Waals surface area contributed by atoms with E-state index in [1.165, 1.54) is 0 Å². The smallest absolute Gasteiger partial charge is 0.259 e. The highest BCUT2D eigenvalue weighted by molar-refractivity contribution is 6.05. The lowest BCUT2D eigenvalue weighted by atomic mass is 10.2. The molecule has 1 aromatic carbocycles.